The van der Waals surface area contributed by atoms with E-state index in [2.05, 4.69) is 27.4 Å². The predicted octanol–water partition coefficient (Wildman–Crippen LogP) is 1.73. The van der Waals surface area contributed by atoms with Gasteiger partial charge >= 0.3 is 0 Å². The SMILES string of the molecule is C[C@H]1CNCCN1C(=O)CCc1nc(-c2ccncc2)no1.Cl.Cl. The number of amides is 1. The van der Waals surface area contributed by atoms with Crippen molar-refractivity contribution in [2.24, 2.45) is 0 Å². The Balaban J connectivity index is 0.00000144. The molecule has 1 atom stereocenters. The van der Waals surface area contributed by atoms with Crippen molar-refractivity contribution >= 4 is 30.7 Å². The zero-order chi connectivity index (χ0) is 15.4. The van der Waals surface area contributed by atoms with Gasteiger partial charge in [0, 0.05) is 56.5 Å². The molecule has 7 nitrogen and oxygen atoms in total. The van der Waals surface area contributed by atoms with Crippen LogP contribution in [0.3, 0.4) is 0 Å². The van der Waals surface area contributed by atoms with Gasteiger partial charge in [0.2, 0.25) is 17.6 Å². The summed E-state index contributed by atoms with van der Waals surface area (Å²) in [6.45, 7) is 4.51. The molecular formula is C15H21Cl2N5O2. The Morgan fingerprint density at radius 1 is 1.38 bits per heavy atom. The molecule has 0 unspecified atom stereocenters. The Bertz CT molecular complexity index is 638. The number of piperazine rings is 1. The highest BCUT2D eigenvalue weighted by Crippen LogP contribution is 2.15. The van der Waals surface area contributed by atoms with E-state index in [0.717, 1.165) is 25.2 Å². The van der Waals surface area contributed by atoms with Crippen LogP contribution in [0.4, 0.5) is 0 Å². The molecule has 0 bridgehead atoms. The molecule has 1 fully saturated rings. The molecule has 0 spiro atoms. The molecule has 1 saturated heterocycles. The summed E-state index contributed by atoms with van der Waals surface area (Å²) in [4.78, 5) is 22.5. The summed E-state index contributed by atoms with van der Waals surface area (Å²) in [6, 6.07) is 3.88. The molecule has 2 aromatic heterocycles. The van der Waals surface area contributed by atoms with E-state index in [9.17, 15) is 4.79 Å². The van der Waals surface area contributed by atoms with E-state index in [4.69, 9.17) is 4.52 Å². The summed E-state index contributed by atoms with van der Waals surface area (Å²) >= 11 is 0. The molecule has 3 heterocycles. The maximum Gasteiger partial charge on any atom is 0.227 e. The van der Waals surface area contributed by atoms with E-state index >= 15 is 0 Å². The standard InChI is InChI=1S/C15H19N5O2.2ClH/c1-11-10-17-8-9-20(11)14(21)3-2-13-18-15(19-22-13)12-4-6-16-7-5-12;;/h4-7,11,17H,2-3,8-10H2,1H3;2*1H/t11-;;/m0../s1. The summed E-state index contributed by atoms with van der Waals surface area (Å²) in [5.74, 6) is 1.15. The van der Waals surface area contributed by atoms with Crippen LogP contribution < -0.4 is 5.32 Å². The number of carbonyl (C=O) groups excluding carboxylic acids is 1. The van der Waals surface area contributed by atoms with Gasteiger partial charge in [0.05, 0.1) is 0 Å². The Morgan fingerprint density at radius 3 is 2.83 bits per heavy atom. The zero-order valence-corrected chi connectivity index (χ0v) is 15.0. The first-order valence-corrected chi connectivity index (χ1v) is 7.47. The van der Waals surface area contributed by atoms with Crippen molar-refractivity contribution in [3.63, 3.8) is 0 Å². The lowest BCUT2D eigenvalue weighted by Gasteiger charge is -2.34. The number of halogens is 2. The van der Waals surface area contributed by atoms with Gasteiger partial charge in [0.1, 0.15) is 0 Å². The highest BCUT2D eigenvalue weighted by atomic mass is 35.5. The van der Waals surface area contributed by atoms with Crippen LogP contribution in [-0.4, -0.2) is 51.6 Å². The summed E-state index contributed by atoms with van der Waals surface area (Å²) < 4.78 is 5.22. The molecule has 132 valence electrons. The monoisotopic (exact) mass is 373 g/mol. The van der Waals surface area contributed by atoms with Gasteiger partial charge in [-0.05, 0) is 19.1 Å². The van der Waals surface area contributed by atoms with Crippen molar-refractivity contribution in [2.75, 3.05) is 19.6 Å². The van der Waals surface area contributed by atoms with Gasteiger partial charge in [-0.1, -0.05) is 5.16 Å². The molecule has 2 aromatic rings. The lowest BCUT2D eigenvalue weighted by molar-refractivity contribution is -0.134. The number of pyridine rings is 1. The third-order valence-electron chi connectivity index (χ3n) is 3.78. The molecular weight excluding hydrogens is 353 g/mol. The van der Waals surface area contributed by atoms with Gasteiger partial charge in [0.15, 0.2) is 0 Å². The lowest BCUT2D eigenvalue weighted by Crippen LogP contribution is -2.52. The van der Waals surface area contributed by atoms with Crippen molar-refractivity contribution in [1.29, 1.82) is 0 Å². The Labute approximate surface area is 153 Å². The molecule has 1 amide bonds. The Morgan fingerprint density at radius 2 is 2.12 bits per heavy atom. The van der Waals surface area contributed by atoms with Crippen LogP contribution in [-0.2, 0) is 11.2 Å². The number of hydrogen-bond donors (Lipinski definition) is 1. The molecule has 24 heavy (non-hydrogen) atoms. The predicted molar refractivity (Wildman–Crippen MR) is 94.4 cm³/mol. The van der Waals surface area contributed by atoms with Gasteiger partial charge in [-0.2, -0.15) is 4.98 Å². The van der Waals surface area contributed by atoms with Crippen LogP contribution in [0.5, 0.6) is 0 Å². The average molecular weight is 374 g/mol. The van der Waals surface area contributed by atoms with Gasteiger partial charge in [-0.3, -0.25) is 9.78 Å². The molecule has 0 saturated carbocycles. The maximum atomic E-state index is 12.3. The summed E-state index contributed by atoms with van der Waals surface area (Å²) in [5.41, 5.74) is 0.854. The van der Waals surface area contributed by atoms with Gasteiger partial charge in [-0.15, -0.1) is 24.8 Å². The number of hydrogen-bond acceptors (Lipinski definition) is 6. The summed E-state index contributed by atoms with van der Waals surface area (Å²) in [6.07, 6.45) is 4.22. The van der Waals surface area contributed by atoms with Crippen LogP contribution in [0.2, 0.25) is 0 Å². The lowest BCUT2D eigenvalue weighted by atomic mass is 10.2. The average Bonchev–Trinajstić information content (AvgIpc) is 3.03. The quantitative estimate of drug-likeness (QED) is 0.878. The molecule has 1 aliphatic rings. The second-order valence-corrected chi connectivity index (χ2v) is 5.39. The molecule has 0 aliphatic carbocycles. The molecule has 0 radical (unpaired) electrons. The minimum atomic E-state index is 0. The highest BCUT2D eigenvalue weighted by Gasteiger charge is 2.23. The van der Waals surface area contributed by atoms with Crippen LogP contribution >= 0.6 is 24.8 Å². The number of aromatic nitrogens is 3. The molecule has 1 aliphatic heterocycles. The number of nitrogens with zero attached hydrogens (tertiary/aromatic N) is 4. The fourth-order valence-corrected chi connectivity index (χ4v) is 2.54. The van der Waals surface area contributed by atoms with E-state index in [-0.39, 0.29) is 36.8 Å². The van der Waals surface area contributed by atoms with Crippen molar-refractivity contribution in [3.8, 4) is 11.4 Å². The van der Waals surface area contributed by atoms with Crippen LogP contribution in [0.15, 0.2) is 29.0 Å². The van der Waals surface area contributed by atoms with Crippen molar-refractivity contribution in [1.82, 2.24) is 25.3 Å². The number of aryl methyl sites for hydroxylation is 1. The van der Waals surface area contributed by atoms with Gasteiger partial charge in [0.25, 0.3) is 0 Å². The van der Waals surface area contributed by atoms with Crippen molar-refractivity contribution in [3.05, 3.63) is 30.4 Å². The molecule has 1 N–H and O–H groups in total. The van der Waals surface area contributed by atoms with E-state index < -0.39 is 0 Å². The maximum absolute atomic E-state index is 12.3. The first-order chi connectivity index (χ1) is 10.7. The number of carbonyl (C=O) groups is 1. The van der Waals surface area contributed by atoms with E-state index in [1.807, 2.05) is 17.0 Å². The largest absolute Gasteiger partial charge is 0.339 e. The normalized spacial score (nSPS) is 16.9. The smallest absolute Gasteiger partial charge is 0.227 e. The third-order valence-corrected chi connectivity index (χ3v) is 3.78. The zero-order valence-electron chi connectivity index (χ0n) is 13.3. The molecule has 9 heteroatoms. The van der Waals surface area contributed by atoms with Crippen LogP contribution in [0.25, 0.3) is 11.4 Å². The second kappa shape index (κ2) is 9.56. The van der Waals surface area contributed by atoms with Crippen molar-refractivity contribution in [2.45, 2.75) is 25.8 Å². The topological polar surface area (TPSA) is 84.2 Å². The van der Waals surface area contributed by atoms with Gasteiger partial charge in [-0.25, -0.2) is 0 Å². The van der Waals surface area contributed by atoms with E-state index in [0.29, 0.717) is 24.6 Å². The van der Waals surface area contributed by atoms with Gasteiger partial charge < -0.3 is 14.7 Å². The third kappa shape index (κ3) is 4.90. The molecule has 0 aromatic carbocycles. The van der Waals surface area contributed by atoms with Crippen LogP contribution in [0.1, 0.15) is 19.2 Å². The number of nitrogens with one attached hydrogen (secondary N) is 1. The first kappa shape index (κ1) is 20.3. The van der Waals surface area contributed by atoms with Crippen molar-refractivity contribution < 1.29 is 9.32 Å². The Hall–Kier alpha value is -1.70. The number of rotatable bonds is 4. The van der Waals surface area contributed by atoms with E-state index in [1.165, 1.54) is 0 Å². The fourth-order valence-electron chi connectivity index (χ4n) is 2.54. The molecule has 3 rings (SSSR count). The van der Waals surface area contributed by atoms with Crippen LogP contribution in [0, 0.1) is 0 Å². The van der Waals surface area contributed by atoms with E-state index in [1.54, 1.807) is 12.4 Å². The minimum absolute atomic E-state index is 0. The minimum Gasteiger partial charge on any atom is -0.339 e. The second-order valence-electron chi connectivity index (χ2n) is 5.39. The Kier molecular flexibility index (Phi) is 8.10. The summed E-state index contributed by atoms with van der Waals surface area (Å²) in [5, 5.41) is 7.22. The summed E-state index contributed by atoms with van der Waals surface area (Å²) in [7, 11) is 0. The highest BCUT2D eigenvalue weighted by molar-refractivity contribution is 5.85. The fraction of sp³-hybridized carbons (Fsp3) is 0.467. The first-order valence-electron chi connectivity index (χ1n) is 7.47.